The summed E-state index contributed by atoms with van der Waals surface area (Å²) in [5.41, 5.74) is 7.30. The van der Waals surface area contributed by atoms with E-state index in [4.69, 9.17) is 11.5 Å². The van der Waals surface area contributed by atoms with Gasteiger partial charge in [-0.3, -0.25) is 9.59 Å². The fourth-order valence-electron chi connectivity index (χ4n) is 1.69. The first-order chi connectivity index (χ1) is 11.1. The third-order valence-electron chi connectivity index (χ3n) is 3.37. The average Bonchev–Trinajstić information content (AvgIpc) is 2.50. The molecule has 0 radical (unpaired) electrons. The van der Waals surface area contributed by atoms with Crippen LogP contribution >= 0.6 is 21.6 Å². The molecule has 0 aromatic heterocycles. The third-order valence-corrected chi connectivity index (χ3v) is 5.89. The summed E-state index contributed by atoms with van der Waals surface area (Å²) in [5.74, 6) is -4.55. The smallest absolute Gasteiger partial charge is 0.332 e. The molecule has 0 saturated carbocycles. The summed E-state index contributed by atoms with van der Waals surface area (Å²) < 4.78 is 0. The van der Waals surface area contributed by atoms with Crippen LogP contribution in [0, 0.1) is 0 Å². The number of carbonyl (C=O) groups excluding carboxylic acids is 2. The molecule has 0 aliphatic carbocycles. The minimum atomic E-state index is -2.04. The Kier molecular flexibility index (Phi) is 9.56. The second-order valence-corrected chi connectivity index (χ2v) is 7.89. The van der Waals surface area contributed by atoms with Crippen molar-refractivity contribution < 1.29 is 29.4 Å². The van der Waals surface area contributed by atoms with E-state index in [0.29, 0.717) is 12.8 Å². The van der Waals surface area contributed by atoms with Crippen LogP contribution < -0.4 is 11.5 Å². The van der Waals surface area contributed by atoms with E-state index < -0.39 is 34.6 Å². The molecule has 0 heterocycles. The van der Waals surface area contributed by atoms with Gasteiger partial charge >= 0.3 is 11.9 Å². The number of hydrogen-bond acceptors (Lipinski definition) is 8. The predicted octanol–water partition coefficient (Wildman–Crippen LogP) is 0.670. The van der Waals surface area contributed by atoms with Gasteiger partial charge in [0.05, 0.1) is 0 Å². The van der Waals surface area contributed by atoms with Crippen molar-refractivity contribution in [3.63, 3.8) is 0 Å². The first kappa shape index (κ1) is 22.9. The zero-order valence-corrected chi connectivity index (χ0v) is 15.4. The number of carboxylic acids is 2. The monoisotopic (exact) mass is 380 g/mol. The molecule has 24 heavy (non-hydrogen) atoms. The third kappa shape index (κ3) is 5.76. The van der Waals surface area contributed by atoms with Crippen LogP contribution in [0.25, 0.3) is 0 Å². The Bertz CT molecular complexity index is 458. The van der Waals surface area contributed by atoms with Crippen LogP contribution in [0.5, 0.6) is 0 Å². The van der Waals surface area contributed by atoms with Gasteiger partial charge in [0, 0.05) is 24.3 Å². The minimum absolute atomic E-state index is 0.0406. The molecule has 6 N–H and O–H groups in total. The molecule has 8 nitrogen and oxygen atoms in total. The van der Waals surface area contributed by atoms with Crippen molar-refractivity contribution in [2.75, 3.05) is 11.5 Å². The predicted molar refractivity (Wildman–Crippen MR) is 93.9 cm³/mol. The molecular formula is C14H24N2O6S2. The summed E-state index contributed by atoms with van der Waals surface area (Å²) >= 11 is 0. The molecule has 138 valence electrons. The average molecular weight is 380 g/mol. The van der Waals surface area contributed by atoms with Crippen molar-refractivity contribution in [2.24, 2.45) is 11.5 Å². The number of Topliss-reactive ketones (excluding diaryl/α,β-unsaturated/α-hetero) is 2. The van der Waals surface area contributed by atoms with Gasteiger partial charge < -0.3 is 21.7 Å². The standard InChI is InChI=1S/C14H24N2O6S2/c1-3-5-9(17)13(15,11(19)20)7-23-24-8-14(16,12(21)22)10(18)6-4-2/h3-8,15-16H2,1-2H3,(H,19,20)(H,21,22)/t13-,14-/m1/s1. The van der Waals surface area contributed by atoms with Gasteiger partial charge in [-0.2, -0.15) is 0 Å². The van der Waals surface area contributed by atoms with Gasteiger partial charge in [-0.05, 0) is 12.8 Å². The maximum Gasteiger partial charge on any atom is 0.332 e. The second-order valence-electron chi connectivity index (χ2n) is 5.42. The highest BCUT2D eigenvalue weighted by molar-refractivity contribution is 8.76. The fraction of sp³-hybridized carbons (Fsp3) is 0.714. The van der Waals surface area contributed by atoms with Gasteiger partial charge in [0.15, 0.2) is 22.6 Å². The van der Waals surface area contributed by atoms with Crippen LogP contribution in [0.3, 0.4) is 0 Å². The molecule has 0 bridgehead atoms. The molecule has 0 rings (SSSR count). The first-order valence-corrected chi connectivity index (χ1v) is 9.90. The molecule has 0 saturated heterocycles. The van der Waals surface area contributed by atoms with Gasteiger partial charge in [-0.1, -0.05) is 35.4 Å². The van der Waals surface area contributed by atoms with E-state index in [1.807, 2.05) is 0 Å². The van der Waals surface area contributed by atoms with Crippen molar-refractivity contribution in [1.29, 1.82) is 0 Å². The van der Waals surface area contributed by atoms with E-state index >= 15 is 0 Å². The van der Waals surface area contributed by atoms with Crippen molar-refractivity contribution in [2.45, 2.75) is 50.6 Å². The van der Waals surface area contributed by atoms with E-state index in [9.17, 15) is 29.4 Å². The summed E-state index contributed by atoms with van der Waals surface area (Å²) in [6, 6.07) is 0. The zero-order valence-electron chi connectivity index (χ0n) is 13.7. The summed E-state index contributed by atoms with van der Waals surface area (Å²) in [5, 5.41) is 18.4. The van der Waals surface area contributed by atoms with Crippen LogP contribution in [-0.4, -0.2) is 56.3 Å². The lowest BCUT2D eigenvalue weighted by molar-refractivity contribution is -0.148. The molecule has 10 heteroatoms. The molecule has 0 amide bonds. The van der Waals surface area contributed by atoms with Crippen LogP contribution in [0.15, 0.2) is 0 Å². The van der Waals surface area contributed by atoms with Gasteiger partial charge in [0.1, 0.15) is 0 Å². The molecule has 0 unspecified atom stereocenters. The largest absolute Gasteiger partial charge is 0.480 e. The fourth-order valence-corrected chi connectivity index (χ4v) is 4.42. The Morgan fingerprint density at radius 1 is 0.792 bits per heavy atom. The Hall–Kier alpha value is -1.10. The summed E-state index contributed by atoms with van der Waals surface area (Å²) in [7, 11) is 1.83. The maximum atomic E-state index is 11.9. The summed E-state index contributed by atoms with van der Waals surface area (Å²) in [4.78, 5) is 46.4. The Morgan fingerprint density at radius 2 is 1.08 bits per heavy atom. The lowest BCUT2D eigenvalue weighted by Gasteiger charge is -2.24. The molecule has 0 aromatic rings. The normalized spacial score (nSPS) is 16.0. The first-order valence-electron chi connectivity index (χ1n) is 7.41. The van der Waals surface area contributed by atoms with E-state index in [1.54, 1.807) is 13.8 Å². The molecule has 0 aliphatic heterocycles. The van der Waals surface area contributed by atoms with Crippen LogP contribution in [0.4, 0.5) is 0 Å². The van der Waals surface area contributed by atoms with Crippen molar-refractivity contribution >= 4 is 45.1 Å². The number of nitrogens with two attached hydrogens (primary N) is 2. The van der Waals surface area contributed by atoms with Crippen molar-refractivity contribution in [3.8, 4) is 0 Å². The minimum Gasteiger partial charge on any atom is -0.480 e. The van der Waals surface area contributed by atoms with Gasteiger partial charge in [-0.15, -0.1) is 0 Å². The molecule has 0 aliphatic rings. The Morgan fingerprint density at radius 3 is 1.29 bits per heavy atom. The van der Waals surface area contributed by atoms with Gasteiger partial charge in [0.25, 0.3) is 0 Å². The van der Waals surface area contributed by atoms with Crippen LogP contribution in [-0.2, 0) is 19.2 Å². The molecule has 2 atom stereocenters. The van der Waals surface area contributed by atoms with E-state index in [0.717, 1.165) is 21.6 Å². The second kappa shape index (κ2) is 10.0. The maximum absolute atomic E-state index is 11.9. The van der Waals surface area contributed by atoms with Gasteiger partial charge in [0.2, 0.25) is 0 Å². The van der Waals surface area contributed by atoms with Crippen molar-refractivity contribution in [3.05, 3.63) is 0 Å². The molecule has 0 aromatic carbocycles. The quantitative estimate of drug-likeness (QED) is 0.203. The molecular weight excluding hydrogens is 356 g/mol. The Labute approximate surface area is 148 Å². The summed E-state index contributed by atoms with van der Waals surface area (Å²) in [6.07, 6.45) is 1.02. The SMILES string of the molecule is CCCC(=O)[C@](N)(CSSC[C@](N)(C(=O)O)C(=O)CCC)C(=O)O. The lowest BCUT2D eigenvalue weighted by Crippen LogP contribution is -2.57. The highest BCUT2D eigenvalue weighted by atomic mass is 33.1. The van der Waals surface area contributed by atoms with Crippen molar-refractivity contribution in [1.82, 2.24) is 0 Å². The number of rotatable bonds is 13. The van der Waals surface area contributed by atoms with E-state index in [2.05, 4.69) is 0 Å². The number of aliphatic carboxylic acids is 2. The summed E-state index contributed by atoms with van der Waals surface area (Å²) in [6.45, 7) is 3.47. The van der Waals surface area contributed by atoms with E-state index in [1.165, 1.54) is 0 Å². The number of carbonyl (C=O) groups is 4. The molecule has 0 spiro atoms. The highest BCUT2D eigenvalue weighted by Crippen LogP contribution is 2.29. The topological polar surface area (TPSA) is 161 Å². The Balaban J connectivity index is 4.82. The van der Waals surface area contributed by atoms with Crippen LogP contribution in [0.1, 0.15) is 39.5 Å². The molecule has 0 fully saturated rings. The zero-order chi connectivity index (χ0) is 19.0. The van der Waals surface area contributed by atoms with E-state index in [-0.39, 0.29) is 24.3 Å². The van der Waals surface area contributed by atoms with Crippen LogP contribution in [0.2, 0.25) is 0 Å². The lowest BCUT2D eigenvalue weighted by atomic mass is 9.94. The number of carboxylic acid groups (broad SMARTS) is 2. The highest BCUT2D eigenvalue weighted by Gasteiger charge is 2.43. The van der Waals surface area contributed by atoms with Gasteiger partial charge in [-0.25, -0.2) is 9.59 Å². The number of ketones is 2. The number of hydrogen-bond donors (Lipinski definition) is 4.